The van der Waals surface area contributed by atoms with Gasteiger partial charge in [-0.05, 0) is 13.3 Å². The van der Waals surface area contributed by atoms with Crippen LogP contribution in [0, 0.1) is 11.8 Å². The van der Waals surface area contributed by atoms with Crippen LogP contribution < -0.4 is 0 Å². The predicted molar refractivity (Wildman–Crippen MR) is 38.9 cm³/mol. The Balaban J connectivity index is 2.71. The summed E-state index contributed by atoms with van der Waals surface area (Å²) in [5.74, 6) is -0.788. The van der Waals surface area contributed by atoms with Crippen molar-refractivity contribution in [3.8, 4) is 0 Å². The topological polar surface area (TPSA) is 43.4 Å². The van der Waals surface area contributed by atoms with Gasteiger partial charge in [-0.3, -0.25) is 9.59 Å². The summed E-state index contributed by atoms with van der Waals surface area (Å²) in [6, 6.07) is 0. The molecule has 1 aliphatic rings. The summed E-state index contributed by atoms with van der Waals surface area (Å²) in [7, 11) is 0. The van der Waals surface area contributed by atoms with E-state index in [1.807, 2.05) is 6.92 Å². The maximum absolute atomic E-state index is 10.9. The molecule has 1 heterocycles. The third kappa shape index (κ3) is 1.42. The Morgan fingerprint density at radius 2 is 2.36 bits per heavy atom. The van der Waals surface area contributed by atoms with Crippen molar-refractivity contribution in [3.05, 3.63) is 0 Å². The standard InChI is InChI=1S/C8H12O3/c1-3-6-4-11-8(10)7(6)5(2)9/h6-7H,3-4H2,1-2H3. The molecule has 0 bridgehead atoms. The molecule has 0 saturated carbocycles. The minimum Gasteiger partial charge on any atom is -0.465 e. The number of carbonyl (C=O) groups is 2. The van der Waals surface area contributed by atoms with Crippen molar-refractivity contribution in [2.45, 2.75) is 20.3 Å². The summed E-state index contributed by atoms with van der Waals surface area (Å²) in [4.78, 5) is 21.9. The monoisotopic (exact) mass is 156 g/mol. The van der Waals surface area contributed by atoms with Crippen LogP contribution in [-0.2, 0) is 14.3 Å². The van der Waals surface area contributed by atoms with Crippen molar-refractivity contribution in [1.29, 1.82) is 0 Å². The lowest BCUT2D eigenvalue weighted by Gasteiger charge is -2.07. The second kappa shape index (κ2) is 3.03. The summed E-state index contributed by atoms with van der Waals surface area (Å²) in [6.07, 6.45) is 0.829. The lowest BCUT2D eigenvalue weighted by atomic mass is 9.90. The molecule has 0 amide bonds. The molecule has 2 unspecified atom stereocenters. The molecule has 0 aromatic heterocycles. The lowest BCUT2D eigenvalue weighted by Crippen LogP contribution is -2.22. The van der Waals surface area contributed by atoms with E-state index in [1.54, 1.807) is 0 Å². The average molecular weight is 156 g/mol. The maximum atomic E-state index is 10.9. The molecule has 11 heavy (non-hydrogen) atoms. The third-order valence-corrected chi connectivity index (χ3v) is 2.13. The molecule has 0 spiro atoms. The van der Waals surface area contributed by atoms with E-state index in [0.29, 0.717) is 6.61 Å². The fourth-order valence-corrected chi connectivity index (χ4v) is 1.42. The Kier molecular flexibility index (Phi) is 2.27. The van der Waals surface area contributed by atoms with Gasteiger partial charge in [0.2, 0.25) is 0 Å². The van der Waals surface area contributed by atoms with Gasteiger partial charge < -0.3 is 4.74 Å². The van der Waals surface area contributed by atoms with E-state index in [1.165, 1.54) is 6.92 Å². The quantitative estimate of drug-likeness (QED) is 0.438. The van der Waals surface area contributed by atoms with Crippen molar-refractivity contribution >= 4 is 11.8 Å². The second-order valence-corrected chi connectivity index (χ2v) is 2.89. The van der Waals surface area contributed by atoms with Crippen molar-refractivity contribution < 1.29 is 14.3 Å². The van der Waals surface area contributed by atoms with E-state index < -0.39 is 5.92 Å². The molecule has 2 atom stereocenters. The molecule has 0 aliphatic carbocycles. The maximum Gasteiger partial charge on any atom is 0.316 e. The van der Waals surface area contributed by atoms with Gasteiger partial charge in [-0.1, -0.05) is 6.92 Å². The number of Topliss-reactive ketones (excluding diaryl/α,β-unsaturated/α-hetero) is 1. The number of carbonyl (C=O) groups excluding carboxylic acids is 2. The molecular formula is C8H12O3. The first-order chi connectivity index (χ1) is 5.16. The number of esters is 1. The highest BCUT2D eigenvalue weighted by Crippen LogP contribution is 2.25. The molecule has 0 radical (unpaired) electrons. The van der Waals surface area contributed by atoms with Gasteiger partial charge in [-0.15, -0.1) is 0 Å². The van der Waals surface area contributed by atoms with E-state index in [9.17, 15) is 9.59 Å². The van der Waals surface area contributed by atoms with Gasteiger partial charge in [0.25, 0.3) is 0 Å². The van der Waals surface area contributed by atoms with Crippen LogP contribution in [0.1, 0.15) is 20.3 Å². The van der Waals surface area contributed by atoms with Crippen LogP contribution in [0.5, 0.6) is 0 Å². The van der Waals surface area contributed by atoms with E-state index in [0.717, 1.165) is 6.42 Å². The molecule has 0 N–H and O–H groups in total. The van der Waals surface area contributed by atoms with Crippen molar-refractivity contribution in [2.24, 2.45) is 11.8 Å². The Morgan fingerprint density at radius 3 is 2.73 bits per heavy atom. The molecule has 1 saturated heterocycles. The largest absolute Gasteiger partial charge is 0.465 e. The van der Waals surface area contributed by atoms with Crippen LogP contribution in [0.15, 0.2) is 0 Å². The minimum absolute atomic E-state index is 0.0700. The van der Waals surface area contributed by atoms with Crippen molar-refractivity contribution in [2.75, 3.05) is 6.61 Å². The van der Waals surface area contributed by atoms with Gasteiger partial charge in [0, 0.05) is 5.92 Å². The number of cyclic esters (lactones) is 1. The Bertz CT molecular complexity index is 186. The van der Waals surface area contributed by atoms with Crippen LogP contribution in [0.25, 0.3) is 0 Å². The summed E-state index contributed by atoms with van der Waals surface area (Å²) in [6.45, 7) is 3.82. The zero-order valence-electron chi connectivity index (χ0n) is 6.79. The highest BCUT2D eigenvalue weighted by Gasteiger charge is 2.38. The summed E-state index contributed by atoms with van der Waals surface area (Å²) >= 11 is 0. The summed E-state index contributed by atoms with van der Waals surface area (Å²) in [5.41, 5.74) is 0. The third-order valence-electron chi connectivity index (χ3n) is 2.13. The van der Waals surface area contributed by atoms with Gasteiger partial charge in [0.05, 0.1) is 6.61 Å². The van der Waals surface area contributed by atoms with Crippen LogP contribution >= 0.6 is 0 Å². The van der Waals surface area contributed by atoms with E-state index in [2.05, 4.69) is 0 Å². The first-order valence-corrected chi connectivity index (χ1v) is 3.84. The normalized spacial score (nSPS) is 30.2. The second-order valence-electron chi connectivity index (χ2n) is 2.89. The number of ketones is 1. The van der Waals surface area contributed by atoms with Gasteiger partial charge in [0.1, 0.15) is 11.7 Å². The number of hydrogen-bond acceptors (Lipinski definition) is 3. The van der Waals surface area contributed by atoms with Gasteiger partial charge >= 0.3 is 5.97 Å². The number of ether oxygens (including phenoxy) is 1. The Morgan fingerprint density at radius 1 is 1.73 bits per heavy atom. The van der Waals surface area contributed by atoms with Crippen LogP contribution in [-0.4, -0.2) is 18.4 Å². The van der Waals surface area contributed by atoms with Crippen molar-refractivity contribution in [3.63, 3.8) is 0 Å². The summed E-state index contributed by atoms with van der Waals surface area (Å²) < 4.78 is 4.77. The zero-order valence-corrected chi connectivity index (χ0v) is 6.79. The Hall–Kier alpha value is -0.860. The lowest BCUT2D eigenvalue weighted by molar-refractivity contribution is -0.144. The van der Waals surface area contributed by atoms with Gasteiger partial charge in [-0.2, -0.15) is 0 Å². The van der Waals surface area contributed by atoms with Crippen LogP contribution in [0.2, 0.25) is 0 Å². The zero-order chi connectivity index (χ0) is 8.43. The molecule has 1 aliphatic heterocycles. The van der Waals surface area contributed by atoms with Crippen molar-refractivity contribution in [1.82, 2.24) is 0 Å². The smallest absolute Gasteiger partial charge is 0.316 e. The minimum atomic E-state index is -0.486. The van der Waals surface area contributed by atoms with E-state index in [-0.39, 0.29) is 17.7 Å². The van der Waals surface area contributed by atoms with Crippen LogP contribution in [0.3, 0.4) is 0 Å². The van der Waals surface area contributed by atoms with E-state index in [4.69, 9.17) is 4.74 Å². The Labute approximate surface area is 65.7 Å². The first-order valence-electron chi connectivity index (χ1n) is 3.84. The molecule has 3 heteroatoms. The summed E-state index contributed by atoms with van der Waals surface area (Å²) in [5, 5.41) is 0. The number of hydrogen-bond donors (Lipinski definition) is 0. The molecule has 0 aromatic rings. The van der Waals surface area contributed by atoms with Gasteiger partial charge in [0.15, 0.2) is 0 Å². The average Bonchev–Trinajstić information content (AvgIpc) is 2.30. The highest BCUT2D eigenvalue weighted by molar-refractivity contribution is 5.99. The predicted octanol–water partition coefficient (Wildman–Crippen LogP) is 0.775. The first kappa shape index (κ1) is 8.24. The molecular weight excluding hydrogens is 144 g/mol. The van der Waals surface area contributed by atoms with Gasteiger partial charge in [-0.25, -0.2) is 0 Å². The van der Waals surface area contributed by atoms with E-state index >= 15 is 0 Å². The number of rotatable bonds is 2. The SMILES string of the molecule is CCC1COC(=O)C1C(C)=O. The molecule has 62 valence electrons. The molecule has 1 fully saturated rings. The molecule has 1 rings (SSSR count). The highest BCUT2D eigenvalue weighted by atomic mass is 16.5. The molecule has 0 aromatic carbocycles. The molecule has 3 nitrogen and oxygen atoms in total. The van der Waals surface area contributed by atoms with Crippen LogP contribution in [0.4, 0.5) is 0 Å². The fourth-order valence-electron chi connectivity index (χ4n) is 1.42. The fraction of sp³-hybridized carbons (Fsp3) is 0.750.